The van der Waals surface area contributed by atoms with E-state index in [4.69, 9.17) is 9.47 Å². The van der Waals surface area contributed by atoms with E-state index in [1.54, 1.807) is 24.3 Å². The van der Waals surface area contributed by atoms with Crippen LogP contribution < -0.4 is 9.47 Å². The van der Waals surface area contributed by atoms with Gasteiger partial charge in [0.25, 0.3) is 0 Å². The van der Waals surface area contributed by atoms with E-state index in [2.05, 4.69) is 6.07 Å². The molecule has 0 bridgehead atoms. The highest BCUT2D eigenvalue weighted by molar-refractivity contribution is 5.74. The highest BCUT2D eigenvalue weighted by Crippen LogP contribution is 2.38. The Hall–Kier alpha value is -3.27. The Bertz CT molecular complexity index is 919. The molecule has 1 heterocycles. The van der Waals surface area contributed by atoms with Gasteiger partial charge in [0.2, 0.25) is 6.10 Å². The van der Waals surface area contributed by atoms with E-state index in [1.807, 2.05) is 48.5 Å². The van der Waals surface area contributed by atoms with Gasteiger partial charge in [0.15, 0.2) is 0 Å². The normalized spacial score (nSPS) is 16.7. The van der Waals surface area contributed by atoms with Gasteiger partial charge in [0, 0.05) is 17.0 Å². The smallest absolute Gasteiger partial charge is 0.349 e. The van der Waals surface area contributed by atoms with Crippen LogP contribution in [-0.4, -0.2) is 17.7 Å². The molecule has 1 aliphatic heterocycles. The highest BCUT2D eigenvalue weighted by Gasteiger charge is 2.24. The first kappa shape index (κ1) is 17.2. The molecule has 0 aliphatic carbocycles. The van der Waals surface area contributed by atoms with Crippen LogP contribution in [0.4, 0.5) is 0 Å². The maximum atomic E-state index is 11.6. The minimum atomic E-state index is -1.03. The van der Waals surface area contributed by atoms with Gasteiger partial charge in [-0.1, -0.05) is 60.7 Å². The molecule has 3 aromatic carbocycles. The number of aliphatic carboxylic acids is 1. The van der Waals surface area contributed by atoms with Gasteiger partial charge < -0.3 is 14.6 Å². The molecule has 0 aromatic heterocycles. The van der Waals surface area contributed by atoms with Gasteiger partial charge in [0.05, 0.1) is 6.61 Å². The van der Waals surface area contributed by atoms with E-state index < -0.39 is 12.1 Å². The van der Waals surface area contributed by atoms with Gasteiger partial charge in [-0.15, -0.1) is 0 Å². The summed E-state index contributed by atoms with van der Waals surface area (Å²) in [5, 5.41) is 9.52. The minimum Gasteiger partial charge on any atom is -0.493 e. The predicted molar refractivity (Wildman–Crippen MR) is 102 cm³/mol. The average Bonchev–Trinajstić information content (AvgIpc) is 2.72. The highest BCUT2D eigenvalue weighted by atomic mass is 16.5. The standard InChI is InChI=1S/C23H20O4/c24-23(25)22(17-6-2-1-3-7-17)27-18-12-10-16(11-13-18)19-14-15-26-21-9-5-4-8-20(19)21/h1-13,19,22H,14-15H2,(H,24,25). The SMILES string of the molecule is O=C(O)C(Oc1ccc(C2CCOc3ccccc32)cc1)c1ccccc1. The monoisotopic (exact) mass is 360 g/mol. The van der Waals surface area contributed by atoms with E-state index in [0.717, 1.165) is 12.2 Å². The number of hydrogen-bond donors (Lipinski definition) is 1. The molecule has 4 nitrogen and oxygen atoms in total. The quantitative estimate of drug-likeness (QED) is 0.710. The second-order valence-corrected chi connectivity index (χ2v) is 6.54. The van der Waals surface area contributed by atoms with Crippen molar-refractivity contribution in [1.82, 2.24) is 0 Å². The summed E-state index contributed by atoms with van der Waals surface area (Å²) in [5.74, 6) is 0.733. The molecule has 136 valence electrons. The van der Waals surface area contributed by atoms with E-state index in [1.165, 1.54) is 11.1 Å². The molecule has 0 spiro atoms. The maximum absolute atomic E-state index is 11.6. The summed E-state index contributed by atoms with van der Waals surface area (Å²) in [6.45, 7) is 0.690. The zero-order valence-electron chi connectivity index (χ0n) is 14.7. The largest absolute Gasteiger partial charge is 0.493 e. The lowest BCUT2D eigenvalue weighted by Crippen LogP contribution is -2.18. The topological polar surface area (TPSA) is 55.8 Å². The first-order valence-electron chi connectivity index (χ1n) is 8.98. The molecular weight excluding hydrogens is 340 g/mol. The fourth-order valence-corrected chi connectivity index (χ4v) is 3.49. The van der Waals surface area contributed by atoms with Crippen molar-refractivity contribution < 1.29 is 19.4 Å². The van der Waals surface area contributed by atoms with Gasteiger partial charge >= 0.3 is 5.97 Å². The first-order valence-corrected chi connectivity index (χ1v) is 8.98. The molecule has 0 saturated heterocycles. The van der Waals surface area contributed by atoms with Gasteiger partial charge in [0.1, 0.15) is 11.5 Å². The Morgan fingerprint density at radius 2 is 1.67 bits per heavy atom. The second kappa shape index (κ2) is 7.54. The van der Waals surface area contributed by atoms with Crippen LogP contribution in [0.1, 0.15) is 35.1 Å². The van der Waals surface area contributed by atoms with E-state index in [9.17, 15) is 9.90 Å². The predicted octanol–water partition coefficient (Wildman–Crippen LogP) is 4.81. The van der Waals surface area contributed by atoms with Crippen molar-refractivity contribution in [3.63, 3.8) is 0 Å². The Balaban J connectivity index is 1.55. The van der Waals surface area contributed by atoms with Crippen LogP contribution in [0.25, 0.3) is 0 Å². The number of fused-ring (bicyclic) bond motifs is 1. The minimum absolute atomic E-state index is 0.272. The molecule has 27 heavy (non-hydrogen) atoms. The lowest BCUT2D eigenvalue weighted by Gasteiger charge is -2.26. The van der Waals surface area contributed by atoms with Crippen molar-refractivity contribution in [2.24, 2.45) is 0 Å². The molecule has 4 rings (SSSR count). The Morgan fingerprint density at radius 3 is 2.41 bits per heavy atom. The van der Waals surface area contributed by atoms with Crippen LogP contribution >= 0.6 is 0 Å². The summed E-state index contributed by atoms with van der Waals surface area (Å²) in [7, 11) is 0. The van der Waals surface area contributed by atoms with E-state index in [-0.39, 0.29) is 5.92 Å². The number of rotatable bonds is 5. The molecule has 0 amide bonds. The fraction of sp³-hybridized carbons (Fsp3) is 0.174. The lowest BCUT2D eigenvalue weighted by atomic mass is 9.87. The summed E-state index contributed by atoms with van der Waals surface area (Å²) in [6, 6.07) is 24.8. The molecule has 2 atom stereocenters. The van der Waals surface area contributed by atoms with Crippen LogP contribution in [-0.2, 0) is 4.79 Å². The Labute approximate surface area is 158 Å². The van der Waals surface area contributed by atoms with Crippen LogP contribution in [0.5, 0.6) is 11.5 Å². The van der Waals surface area contributed by atoms with Crippen molar-refractivity contribution in [3.8, 4) is 11.5 Å². The van der Waals surface area contributed by atoms with Gasteiger partial charge in [-0.2, -0.15) is 0 Å². The third-order valence-corrected chi connectivity index (χ3v) is 4.82. The molecule has 3 aromatic rings. The van der Waals surface area contributed by atoms with Gasteiger partial charge in [-0.3, -0.25) is 0 Å². The molecule has 0 radical (unpaired) electrons. The van der Waals surface area contributed by atoms with Crippen LogP contribution in [0.3, 0.4) is 0 Å². The van der Waals surface area contributed by atoms with Crippen molar-refractivity contribution in [2.75, 3.05) is 6.61 Å². The average molecular weight is 360 g/mol. The van der Waals surface area contributed by atoms with Crippen molar-refractivity contribution in [1.29, 1.82) is 0 Å². The van der Waals surface area contributed by atoms with Crippen LogP contribution in [0.2, 0.25) is 0 Å². The number of benzene rings is 3. The molecule has 1 aliphatic rings. The Kier molecular flexibility index (Phi) is 4.79. The molecule has 4 heteroatoms. The zero-order valence-corrected chi connectivity index (χ0v) is 14.7. The van der Waals surface area contributed by atoms with Crippen LogP contribution in [0.15, 0.2) is 78.9 Å². The van der Waals surface area contributed by atoms with Crippen molar-refractivity contribution in [3.05, 3.63) is 95.6 Å². The van der Waals surface area contributed by atoms with Gasteiger partial charge in [-0.25, -0.2) is 4.79 Å². The second-order valence-electron chi connectivity index (χ2n) is 6.54. The zero-order chi connectivity index (χ0) is 18.6. The maximum Gasteiger partial charge on any atom is 0.349 e. The number of carboxylic acid groups (broad SMARTS) is 1. The number of carbonyl (C=O) groups is 1. The molecule has 1 N–H and O–H groups in total. The van der Waals surface area contributed by atoms with Crippen molar-refractivity contribution >= 4 is 5.97 Å². The Morgan fingerprint density at radius 1 is 0.963 bits per heavy atom. The summed E-state index contributed by atoms with van der Waals surface area (Å²) < 4.78 is 11.5. The summed E-state index contributed by atoms with van der Waals surface area (Å²) in [5.41, 5.74) is 2.97. The lowest BCUT2D eigenvalue weighted by molar-refractivity contribution is -0.145. The van der Waals surface area contributed by atoms with Crippen molar-refractivity contribution in [2.45, 2.75) is 18.4 Å². The number of hydrogen-bond acceptors (Lipinski definition) is 3. The number of carboxylic acids is 1. The summed E-state index contributed by atoms with van der Waals surface area (Å²) >= 11 is 0. The van der Waals surface area contributed by atoms with Crippen LogP contribution in [0, 0.1) is 0 Å². The molecule has 0 saturated carbocycles. The third kappa shape index (κ3) is 3.65. The van der Waals surface area contributed by atoms with Gasteiger partial charge in [-0.05, 0) is 30.2 Å². The fourth-order valence-electron chi connectivity index (χ4n) is 3.49. The molecule has 2 unspecified atom stereocenters. The number of para-hydroxylation sites is 1. The van der Waals surface area contributed by atoms with E-state index in [0.29, 0.717) is 17.9 Å². The van der Waals surface area contributed by atoms with E-state index >= 15 is 0 Å². The molecular formula is C23H20O4. The first-order chi connectivity index (χ1) is 13.2. The third-order valence-electron chi connectivity index (χ3n) is 4.82. The summed E-state index contributed by atoms with van der Waals surface area (Å²) in [4.78, 5) is 11.6. The number of ether oxygens (including phenoxy) is 2. The summed E-state index contributed by atoms with van der Waals surface area (Å²) in [6.07, 6.45) is -0.111. The molecule has 0 fully saturated rings.